The summed E-state index contributed by atoms with van der Waals surface area (Å²) < 4.78 is 2.24. The average Bonchev–Trinajstić information content (AvgIpc) is 1.36. The number of rotatable bonds is 0. The van der Waals surface area contributed by atoms with Gasteiger partial charge in [-0.05, 0) is 36.0 Å². The summed E-state index contributed by atoms with van der Waals surface area (Å²) in [6.07, 6.45) is 0. The Bertz CT molecular complexity index is 58.9. The van der Waals surface area contributed by atoms with Crippen molar-refractivity contribution in [2.24, 2.45) is 0 Å². The molecule has 0 aromatic rings. The van der Waals surface area contributed by atoms with Crippen molar-refractivity contribution in [3.05, 3.63) is 7.50 Å². The van der Waals surface area contributed by atoms with Gasteiger partial charge in [-0.2, -0.15) is 0 Å². The topological polar surface area (TPSA) is 0 Å². The third kappa shape index (κ3) is 3.58. The van der Waals surface area contributed by atoms with Gasteiger partial charge in [0.25, 0.3) is 0 Å². The zero-order valence-electron chi connectivity index (χ0n) is 3.13. The molecule has 0 aliphatic carbocycles. The molecule has 0 saturated carbocycles. The summed E-state index contributed by atoms with van der Waals surface area (Å²) in [5.41, 5.74) is 0. The molecule has 0 N–H and O–H groups in total. The number of halogens is 3. The molecule has 0 aromatic heterocycles. The quantitative estimate of drug-likeness (QED) is 0.596. The molecule has 0 amide bonds. The van der Waals surface area contributed by atoms with Crippen molar-refractivity contribution in [1.82, 2.24) is 0 Å². The second-order valence-electron chi connectivity index (χ2n) is 0.794. The molecule has 0 fully saturated rings. The van der Waals surface area contributed by atoms with Crippen molar-refractivity contribution in [2.45, 2.75) is 0 Å². The van der Waals surface area contributed by atoms with E-state index in [1.54, 1.807) is 0 Å². The molecule has 0 bridgehead atoms. The first kappa shape index (κ1) is 7.40. The van der Waals surface area contributed by atoms with Crippen LogP contribution in [0.4, 0.5) is 0 Å². The van der Waals surface area contributed by atoms with Crippen LogP contribution in [0.2, 0.25) is 0 Å². The standard InChI is InChI=1S/C2H3Br3Si/c3-1(4)2(5)6/h6H3. The number of hydrogen-bond acceptors (Lipinski definition) is 0. The van der Waals surface area contributed by atoms with Gasteiger partial charge >= 0.3 is 0 Å². The summed E-state index contributed by atoms with van der Waals surface area (Å²) in [7, 11) is 1.06. The van der Waals surface area contributed by atoms with Crippen molar-refractivity contribution in [1.29, 1.82) is 0 Å². The van der Waals surface area contributed by atoms with E-state index in [2.05, 4.69) is 47.8 Å². The Morgan fingerprint density at radius 1 is 1.17 bits per heavy atom. The van der Waals surface area contributed by atoms with Gasteiger partial charge in [0.2, 0.25) is 0 Å². The first-order valence-corrected chi connectivity index (χ1v) is 4.70. The van der Waals surface area contributed by atoms with Crippen LogP contribution in [-0.4, -0.2) is 10.2 Å². The summed E-state index contributed by atoms with van der Waals surface area (Å²) in [6, 6.07) is 0. The summed E-state index contributed by atoms with van der Waals surface area (Å²) >= 11 is 9.73. The highest BCUT2D eigenvalue weighted by atomic mass is 79.9. The highest BCUT2D eigenvalue weighted by Gasteiger charge is 1.82. The van der Waals surface area contributed by atoms with Gasteiger partial charge in [-0.3, -0.25) is 0 Å². The third-order valence-corrected chi connectivity index (χ3v) is 4.87. The van der Waals surface area contributed by atoms with Gasteiger partial charge in [0, 0.05) is 10.2 Å². The smallest absolute Gasteiger partial charge is 0.0600 e. The Balaban J connectivity index is 3.68. The molecule has 0 atom stereocenters. The van der Waals surface area contributed by atoms with Gasteiger partial charge in [-0.1, -0.05) is 15.9 Å². The zero-order valence-corrected chi connectivity index (χ0v) is 9.89. The van der Waals surface area contributed by atoms with Crippen LogP contribution < -0.4 is 0 Å². The van der Waals surface area contributed by atoms with E-state index in [4.69, 9.17) is 0 Å². The van der Waals surface area contributed by atoms with Gasteiger partial charge in [0.1, 0.15) is 0 Å². The summed E-state index contributed by atoms with van der Waals surface area (Å²) in [6.45, 7) is 0. The molecular weight excluding hydrogens is 292 g/mol. The lowest BCUT2D eigenvalue weighted by Crippen LogP contribution is -1.60. The molecule has 0 aliphatic rings. The highest BCUT2D eigenvalue weighted by Crippen LogP contribution is 2.19. The maximum absolute atomic E-state index is 3.29. The molecule has 6 heavy (non-hydrogen) atoms. The molecule has 0 radical (unpaired) electrons. The lowest BCUT2D eigenvalue weighted by molar-refractivity contribution is 2.42. The third-order valence-electron chi connectivity index (χ3n) is 0.260. The molecule has 0 aromatic carbocycles. The SMILES string of the molecule is [SiH3]C(Br)=C(Br)Br. The predicted octanol–water partition coefficient (Wildman–Crippen LogP) is 1.66. The Labute approximate surface area is 65.2 Å². The average molecular weight is 295 g/mol. The molecule has 36 valence electrons. The van der Waals surface area contributed by atoms with Crippen LogP contribution in [-0.2, 0) is 0 Å². The normalized spacial score (nSPS) is 8.50. The second-order valence-corrected chi connectivity index (χ2v) is 7.10. The lowest BCUT2D eigenvalue weighted by atomic mass is 11.3. The van der Waals surface area contributed by atoms with Gasteiger partial charge < -0.3 is 0 Å². The molecule has 0 aliphatic heterocycles. The van der Waals surface area contributed by atoms with Crippen LogP contribution in [0.5, 0.6) is 0 Å². The largest absolute Gasteiger partial charge is 0.0653 e. The second kappa shape index (κ2) is 3.41. The van der Waals surface area contributed by atoms with E-state index < -0.39 is 0 Å². The van der Waals surface area contributed by atoms with Crippen LogP contribution in [0.3, 0.4) is 0 Å². The Morgan fingerprint density at radius 2 is 1.33 bits per heavy atom. The minimum absolute atomic E-state index is 1.03. The Kier molecular flexibility index (Phi) is 4.20. The molecule has 0 spiro atoms. The van der Waals surface area contributed by atoms with E-state index in [0.717, 1.165) is 13.6 Å². The van der Waals surface area contributed by atoms with E-state index in [1.807, 2.05) is 0 Å². The van der Waals surface area contributed by atoms with Gasteiger partial charge in [0.05, 0.1) is 3.39 Å². The molecule has 0 nitrogen and oxygen atoms in total. The van der Waals surface area contributed by atoms with Crippen molar-refractivity contribution >= 4 is 58.0 Å². The monoisotopic (exact) mass is 292 g/mol. The first-order chi connectivity index (χ1) is 2.64. The van der Waals surface area contributed by atoms with Gasteiger partial charge in [-0.15, -0.1) is 0 Å². The van der Waals surface area contributed by atoms with E-state index in [1.165, 1.54) is 4.11 Å². The summed E-state index contributed by atoms with van der Waals surface area (Å²) in [5, 5.41) is 0. The molecular formula is C2H3Br3Si. The maximum atomic E-state index is 3.29. The summed E-state index contributed by atoms with van der Waals surface area (Å²) in [4.78, 5) is 0. The molecule has 0 heterocycles. The molecule has 0 saturated heterocycles. The van der Waals surface area contributed by atoms with Crippen LogP contribution >= 0.6 is 47.8 Å². The zero-order chi connectivity index (χ0) is 5.15. The van der Waals surface area contributed by atoms with Crippen molar-refractivity contribution < 1.29 is 0 Å². The van der Waals surface area contributed by atoms with Crippen molar-refractivity contribution in [2.75, 3.05) is 0 Å². The van der Waals surface area contributed by atoms with Gasteiger partial charge in [-0.25, -0.2) is 0 Å². The van der Waals surface area contributed by atoms with Crippen LogP contribution in [0.15, 0.2) is 7.50 Å². The lowest BCUT2D eigenvalue weighted by Gasteiger charge is -1.80. The van der Waals surface area contributed by atoms with E-state index in [0.29, 0.717) is 0 Å². The Morgan fingerprint density at radius 3 is 1.33 bits per heavy atom. The van der Waals surface area contributed by atoms with Crippen LogP contribution in [0.1, 0.15) is 0 Å². The molecule has 0 unspecified atom stereocenters. The van der Waals surface area contributed by atoms with Gasteiger partial charge in [0.15, 0.2) is 0 Å². The fourth-order valence-corrected chi connectivity index (χ4v) is 0. The van der Waals surface area contributed by atoms with E-state index in [9.17, 15) is 0 Å². The first-order valence-electron chi connectivity index (χ1n) is 1.32. The minimum Gasteiger partial charge on any atom is -0.0600 e. The molecule has 0 rings (SSSR count). The highest BCUT2D eigenvalue weighted by molar-refractivity contribution is 9.29. The van der Waals surface area contributed by atoms with Crippen LogP contribution in [0, 0.1) is 0 Å². The Hall–Kier alpha value is 1.40. The molecule has 4 heteroatoms. The fourth-order valence-electron chi connectivity index (χ4n) is 0. The minimum atomic E-state index is 1.03. The fraction of sp³-hybridized carbons (Fsp3) is 0. The summed E-state index contributed by atoms with van der Waals surface area (Å²) in [5.74, 6) is 0. The maximum Gasteiger partial charge on any atom is 0.0653 e. The van der Waals surface area contributed by atoms with Crippen molar-refractivity contribution in [3.8, 4) is 0 Å². The van der Waals surface area contributed by atoms with E-state index >= 15 is 0 Å². The number of hydrogen-bond donors (Lipinski definition) is 0. The van der Waals surface area contributed by atoms with E-state index in [-0.39, 0.29) is 0 Å². The predicted molar refractivity (Wildman–Crippen MR) is 43.7 cm³/mol. The van der Waals surface area contributed by atoms with Crippen LogP contribution in [0.25, 0.3) is 0 Å². The van der Waals surface area contributed by atoms with Crippen molar-refractivity contribution in [3.63, 3.8) is 0 Å².